The smallest absolute Gasteiger partial charge is 0.337 e. The number of rotatable bonds is 3. The number of hydrogen-bond donors (Lipinski definition) is 1. The van der Waals surface area contributed by atoms with Gasteiger partial charge in [-0.1, -0.05) is 6.58 Å². The lowest BCUT2D eigenvalue weighted by Gasteiger charge is -1.95. The summed E-state index contributed by atoms with van der Waals surface area (Å²) in [6, 6.07) is 0. The van der Waals surface area contributed by atoms with Gasteiger partial charge in [-0.3, -0.25) is 0 Å². The maximum atomic E-state index is 10.7. The quantitative estimate of drug-likeness (QED) is 0.339. The van der Waals surface area contributed by atoms with Crippen LogP contribution in [0, 0.1) is 5.41 Å². The minimum Gasteiger partial charge on any atom is -0.465 e. The van der Waals surface area contributed by atoms with E-state index in [1.54, 1.807) is 0 Å². The minimum absolute atomic E-state index is 0.211. The molecule has 11 heavy (non-hydrogen) atoms. The van der Waals surface area contributed by atoms with Crippen molar-refractivity contribution in [2.45, 2.75) is 0 Å². The molecule has 0 bridgehead atoms. The molecule has 0 amide bonds. The molecule has 0 radical (unpaired) electrons. The van der Waals surface area contributed by atoms with Crippen LogP contribution in [-0.2, 0) is 9.53 Å². The highest BCUT2D eigenvalue weighted by atomic mass is 79.9. The summed E-state index contributed by atoms with van der Waals surface area (Å²) >= 11 is 3.02. The number of methoxy groups -OCH3 is 1. The molecule has 0 atom stereocenters. The molecule has 4 heteroatoms. The van der Waals surface area contributed by atoms with Gasteiger partial charge in [-0.15, -0.1) is 0 Å². The largest absolute Gasteiger partial charge is 0.465 e. The van der Waals surface area contributed by atoms with E-state index in [-0.39, 0.29) is 5.57 Å². The molecule has 60 valence electrons. The molecule has 1 N–H and O–H groups in total. The molecule has 0 aliphatic carbocycles. The first-order chi connectivity index (χ1) is 5.11. The van der Waals surface area contributed by atoms with Crippen molar-refractivity contribution in [3.05, 3.63) is 22.7 Å². The Bertz CT molecular complexity index is 220. The molecule has 0 saturated carbocycles. The van der Waals surface area contributed by atoms with E-state index in [1.807, 2.05) is 0 Å². The van der Waals surface area contributed by atoms with Gasteiger partial charge in [0.15, 0.2) is 0 Å². The van der Waals surface area contributed by atoms with Gasteiger partial charge in [0.2, 0.25) is 0 Å². The molecular formula is C7H8BrNO2. The summed E-state index contributed by atoms with van der Waals surface area (Å²) in [6.07, 6.45) is 2.48. The van der Waals surface area contributed by atoms with Crippen molar-refractivity contribution in [3.8, 4) is 0 Å². The second kappa shape index (κ2) is 4.85. The van der Waals surface area contributed by atoms with Crippen molar-refractivity contribution in [1.82, 2.24) is 0 Å². The lowest BCUT2D eigenvalue weighted by molar-refractivity contribution is -0.135. The van der Waals surface area contributed by atoms with Crippen LogP contribution in [-0.4, -0.2) is 19.3 Å². The van der Waals surface area contributed by atoms with Crippen LogP contribution in [0.2, 0.25) is 0 Å². The van der Waals surface area contributed by atoms with Gasteiger partial charge in [-0.25, -0.2) is 4.79 Å². The Morgan fingerprint density at radius 2 is 2.27 bits per heavy atom. The average Bonchev–Trinajstić information content (AvgIpc) is 2.02. The number of carbonyl (C=O) groups excluding carboxylic acids is 1. The van der Waals surface area contributed by atoms with E-state index in [0.29, 0.717) is 4.48 Å². The lowest BCUT2D eigenvalue weighted by Crippen LogP contribution is -2.01. The number of hydrogen-bond acceptors (Lipinski definition) is 3. The van der Waals surface area contributed by atoms with Crippen molar-refractivity contribution >= 4 is 28.1 Å². The summed E-state index contributed by atoms with van der Waals surface area (Å²) in [5.41, 5.74) is 0.211. The Labute approximate surface area is 73.4 Å². The normalized spacial score (nSPS) is 10.5. The molecule has 0 fully saturated rings. The fourth-order valence-corrected chi connectivity index (χ4v) is 0.674. The molecule has 0 aliphatic rings. The van der Waals surface area contributed by atoms with E-state index in [4.69, 9.17) is 5.41 Å². The first-order valence-electron chi connectivity index (χ1n) is 2.76. The van der Waals surface area contributed by atoms with E-state index in [0.717, 1.165) is 6.21 Å². The van der Waals surface area contributed by atoms with Gasteiger partial charge < -0.3 is 10.1 Å². The zero-order chi connectivity index (χ0) is 8.85. The fraction of sp³-hybridized carbons (Fsp3) is 0.143. The summed E-state index contributed by atoms with van der Waals surface area (Å²) in [5, 5.41) is 6.77. The molecular weight excluding hydrogens is 210 g/mol. The van der Waals surface area contributed by atoms with Crippen molar-refractivity contribution in [3.63, 3.8) is 0 Å². The number of esters is 1. The van der Waals surface area contributed by atoms with Gasteiger partial charge in [0.25, 0.3) is 0 Å². The first kappa shape index (κ1) is 10.1. The summed E-state index contributed by atoms with van der Waals surface area (Å²) < 4.78 is 4.86. The Morgan fingerprint density at radius 3 is 2.64 bits per heavy atom. The number of carbonyl (C=O) groups is 1. The zero-order valence-electron chi connectivity index (χ0n) is 6.06. The summed E-state index contributed by atoms with van der Waals surface area (Å²) in [7, 11) is 1.28. The number of allylic oxidation sites excluding steroid dienone is 1. The van der Waals surface area contributed by atoms with Crippen molar-refractivity contribution in [2.75, 3.05) is 7.11 Å². The molecule has 0 aromatic carbocycles. The SMILES string of the molecule is C=C(/C=C(/Br)C=N)C(=O)OC. The van der Waals surface area contributed by atoms with Crippen molar-refractivity contribution in [2.24, 2.45) is 0 Å². The van der Waals surface area contributed by atoms with Crippen LogP contribution in [0.25, 0.3) is 0 Å². The minimum atomic E-state index is -0.496. The maximum absolute atomic E-state index is 10.7. The average molecular weight is 218 g/mol. The van der Waals surface area contributed by atoms with Crippen LogP contribution in [0.4, 0.5) is 0 Å². The van der Waals surface area contributed by atoms with Gasteiger partial charge in [0.1, 0.15) is 0 Å². The molecule has 0 saturated heterocycles. The third-order valence-corrected chi connectivity index (χ3v) is 1.36. The molecule has 0 spiro atoms. The molecule has 0 aromatic rings. The molecule has 0 heterocycles. The number of halogens is 1. The van der Waals surface area contributed by atoms with Gasteiger partial charge in [0.05, 0.1) is 12.7 Å². The van der Waals surface area contributed by atoms with Crippen LogP contribution in [0.1, 0.15) is 0 Å². The zero-order valence-corrected chi connectivity index (χ0v) is 7.64. The molecule has 0 unspecified atom stereocenters. The van der Waals surface area contributed by atoms with E-state index in [2.05, 4.69) is 27.2 Å². The van der Waals surface area contributed by atoms with Crippen molar-refractivity contribution < 1.29 is 9.53 Å². The predicted molar refractivity (Wildman–Crippen MR) is 46.9 cm³/mol. The first-order valence-corrected chi connectivity index (χ1v) is 3.56. The van der Waals surface area contributed by atoms with E-state index in [1.165, 1.54) is 13.2 Å². The van der Waals surface area contributed by atoms with Crippen LogP contribution >= 0.6 is 15.9 Å². The third-order valence-electron chi connectivity index (χ3n) is 0.898. The second-order valence-electron chi connectivity index (χ2n) is 1.69. The summed E-state index contributed by atoms with van der Waals surface area (Å²) in [4.78, 5) is 10.7. The molecule has 0 aromatic heterocycles. The summed E-state index contributed by atoms with van der Waals surface area (Å²) in [6.45, 7) is 3.43. The Balaban J connectivity index is 4.28. The van der Waals surface area contributed by atoms with Crippen LogP contribution in [0.5, 0.6) is 0 Å². The van der Waals surface area contributed by atoms with Crippen LogP contribution in [0.3, 0.4) is 0 Å². The van der Waals surface area contributed by atoms with Crippen molar-refractivity contribution in [1.29, 1.82) is 5.41 Å². The summed E-state index contributed by atoms with van der Waals surface area (Å²) in [5.74, 6) is -0.496. The highest BCUT2D eigenvalue weighted by molar-refractivity contribution is 9.12. The Kier molecular flexibility index (Phi) is 4.45. The monoisotopic (exact) mass is 217 g/mol. The number of ether oxygens (including phenoxy) is 1. The fourth-order valence-electron chi connectivity index (χ4n) is 0.398. The predicted octanol–water partition coefficient (Wildman–Crippen LogP) is 1.64. The Hall–Kier alpha value is -0.900. The maximum Gasteiger partial charge on any atom is 0.337 e. The highest BCUT2D eigenvalue weighted by Crippen LogP contribution is 2.06. The van der Waals surface area contributed by atoms with Gasteiger partial charge in [-0.2, -0.15) is 0 Å². The topological polar surface area (TPSA) is 50.2 Å². The standard InChI is InChI=1S/C7H8BrNO2/c1-5(7(10)11-2)3-6(8)4-9/h3-4,9H,1H2,2H3/b6-3+,9-4?. The van der Waals surface area contributed by atoms with Gasteiger partial charge in [-0.05, 0) is 22.0 Å². The number of nitrogens with one attached hydrogen (secondary N) is 1. The van der Waals surface area contributed by atoms with Crippen LogP contribution in [0.15, 0.2) is 22.7 Å². The second-order valence-corrected chi connectivity index (χ2v) is 2.61. The molecule has 0 aliphatic heterocycles. The van der Waals surface area contributed by atoms with E-state index < -0.39 is 5.97 Å². The van der Waals surface area contributed by atoms with E-state index >= 15 is 0 Å². The van der Waals surface area contributed by atoms with Gasteiger partial charge in [0, 0.05) is 10.7 Å². The molecule has 0 rings (SSSR count). The van der Waals surface area contributed by atoms with E-state index in [9.17, 15) is 4.79 Å². The van der Waals surface area contributed by atoms with Gasteiger partial charge >= 0.3 is 5.97 Å². The van der Waals surface area contributed by atoms with Crippen LogP contribution < -0.4 is 0 Å². The Morgan fingerprint density at radius 1 is 1.73 bits per heavy atom. The highest BCUT2D eigenvalue weighted by Gasteiger charge is 2.02. The lowest BCUT2D eigenvalue weighted by atomic mass is 10.3. The molecule has 3 nitrogen and oxygen atoms in total. The third kappa shape index (κ3) is 3.72.